The summed E-state index contributed by atoms with van der Waals surface area (Å²) in [6, 6.07) is 13.0. The van der Waals surface area contributed by atoms with Gasteiger partial charge in [0.2, 0.25) is 0 Å². The van der Waals surface area contributed by atoms with Crippen molar-refractivity contribution in [1.29, 1.82) is 0 Å². The van der Waals surface area contributed by atoms with Crippen LogP contribution in [-0.2, 0) is 4.74 Å². The molecule has 30 heavy (non-hydrogen) atoms. The van der Waals surface area contributed by atoms with E-state index in [1.807, 2.05) is 38.1 Å². The third-order valence-electron chi connectivity index (χ3n) is 5.21. The summed E-state index contributed by atoms with van der Waals surface area (Å²) >= 11 is 0. The highest BCUT2D eigenvalue weighted by Gasteiger charge is 2.20. The van der Waals surface area contributed by atoms with E-state index in [1.165, 1.54) is 0 Å². The first kappa shape index (κ1) is 21.8. The first-order valence-corrected chi connectivity index (χ1v) is 10.7. The number of carbonyl (C=O) groups is 2. The summed E-state index contributed by atoms with van der Waals surface area (Å²) in [7, 11) is 0. The van der Waals surface area contributed by atoms with Gasteiger partial charge in [-0.15, -0.1) is 0 Å². The molecule has 0 bridgehead atoms. The van der Waals surface area contributed by atoms with E-state index in [1.54, 1.807) is 18.2 Å². The van der Waals surface area contributed by atoms with Gasteiger partial charge in [-0.3, -0.25) is 9.59 Å². The first-order valence-electron chi connectivity index (χ1n) is 10.7. The van der Waals surface area contributed by atoms with Crippen LogP contribution in [0.3, 0.4) is 0 Å². The molecule has 1 heterocycles. The van der Waals surface area contributed by atoms with Crippen LogP contribution in [0.2, 0.25) is 0 Å². The van der Waals surface area contributed by atoms with E-state index in [4.69, 9.17) is 4.74 Å². The van der Waals surface area contributed by atoms with E-state index in [-0.39, 0.29) is 11.8 Å². The highest BCUT2D eigenvalue weighted by molar-refractivity contribution is 6.06. The molecule has 0 atom stereocenters. The number of rotatable bonds is 9. The molecule has 1 aliphatic heterocycles. The monoisotopic (exact) mass is 409 g/mol. The van der Waals surface area contributed by atoms with Crippen LogP contribution < -0.4 is 15.5 Å². The molecule has 0 aromatic heterocycles. The zero-order valence-corrected chi connectivity index (χ0v) is 17.9. The van der Waals surface area contributed by atoms with Crippen molar-refractivity contribution in [1.82, 2.24) is 5.32 Å². The van der Waals surface area contributed by atoms with Crippen LogP contribution in [0.1, 0.15) is 52.5 Å². The van der Waals surface area contributed by atoms with E-state index in [0.29, 0.717) is 36.6 Å². The molecule has 0 radical (unpaired) electrons. The van der Waals surface area contributed by atoms with Crippen LogP contribution in [0.4, 0.5) is 11.4 Å². The van der Waals surface area contributed by atoms with Gasteiger partial charge in [-0.1, -0.05) is 17.7 Å². The van der Waals surface area contributed by atoms with Crippen molar-refractivity contribution in [2.24, 2.45) is 0 Å². The van der Waals surface area contributed by atoms with Crippen LogP contribution in [0.5, 0.6) is 0 Å². The molecule has 0 aliphatic carbocycles. The molecule has 0 spiro atoms. The van der Waals surface area contributed by atoms with Gasteiger partial charge in [0.05, 0.1) is 5.56 Å². The van der Waals surface area contributed by atoms with Gasteiger partial charge in [-0.05, 0) is 63.4 Å². The molecule has 6 heteroatoms. The van der Waals surface area contributed by atoms with Gasteiger partial charge >= 0.3 is 0 Å². The van der Waals surface area contributed by atoms with Gasteiger partial charge in [0, 0.05) is 49.8 Å². The van der Waals surface area contributed by atoms with Crippen molar-refractivity contribution >= 4 is 23.2 Å². The fourth-order valence-corrected chi connectivity index (χ4v) is 3.55. The SMILES string of the molecule is CCOCCCNC(=O)c1cc(NC(=O)c2ccc(C)cc2)ccc1N1CCCC1. The standard InChI is InChI=1S/C24H31N3O3/c1-3-30-16-6-13-25-24(29)21-17-20(11-12-22(21)27-14-4-5-15-27)26-23(28)19-9-7-18(2)8-10-19/h7-12,17H,3-6,13-16H2,1-2H3,(H,25,29)(H,26,28). The smallest absolute Gasteiger partial charge is 0.255 e. The number of carbonyl (C=O) groups excluding carboxylic acids is 2. The van der Waals surface area contributed by atoms with Crippen LogP contribution >= 0.6 is 0 Å². The molecule has 1 saturated heterocycles. The maximum Gasteiger partial charge on any atom is 0.255 e. The minimum atomic E-state index is -0.188. The zero-order valence-electron chi connectivity index (χ0n) is 17.9. The number of nitrogens with zero attached hydrogens (tertiary/aromatic N) is 1. The number of anilines is 2. The Kier molecular flexibility index (Phi) is 7.85. The molecule has 2 N–H and O–H groups in total. The molecule has 0 saturated carbocycles. The fraction of sp³-hybridized carbons (Fsp3) is 0.417. The van der Waals surface area contributed by atoms with Crippen molar-refractivity contribution in [2.75, 3.05) is 43.1 Å². The van der Waals surface area contributed by atoms with Gasteiger partial charge in [-0.2, -0.15) is 0 Å². The van der Waals surface area contributed by atoms with E-state index in [2.05, 4.69) is 15.5 Å². The predicted octanol–water partition coefficient (Wildman–Crippen LogP) is 4.00. The highest BCUT2D eigenvalue weighted by Crippen LogP contribution is 2.28. The lowest BCUT2D eigenvalue weighted by atomic mass is 10.1. The number of benzene rings is 2. The topological polar surface area (TPSA) is 70.7 Å². The van der Waals surface area contributed by atoms with Gasteiger partial charge in [0.1, 0.15) is 0 Å². The second-order valence-electron chi connectivity index (χ2n) is 7.55. The minimum absolute atomic E-state index is 0.125. The maximum absolute atomic E-state index is 12.9. The normalized spacial score (nSPS) is 13.3. The van der Waals surface area contributed by atoms with Crippen molar-refractivity contribution in [3.8, 4) is 0 Å². The van der Waals surface area contributed by atoms with Crippen molar-refractivity contribution in [2.45, 2.75) is 33.1 Å². The van der Waals surface area contributed by atoms with E-state index in [0.717, 1.165) is 43.6 Å². The molecule has 160 valence electrons. The molecule has 2 aromatic rings. The predicted molar refractivity (Wildman–Crippen MR) is 120 cm³/mol. The molecule has 2 aromatic carbocycles. The summed E-state index contributed by atoms with van der Waals surface area (Å²) < 4.78 is 5.33. The number of ether oxygens (including phenoxy) is 1. The Bertz CT molecular complexity index is 858. The molecule has 0 unspecified atom stereocenters. The maximum atomic E-state index is 12.9. The van der Waals surface area contributed by atoms with Gasteiger partial charge < -0.3 is 20.3 Å². The van der Waals surface area contributed by atoms with Crippen LogP contribution in [0.15, 0.2) is 42.5 Å². The second-order valence-corrected chi connectivity index (χ2v) is 7.55. The molecular formula is C24H31N3O3. The summed E-state index contributed by atoms with van der Waals surface area (Å²) in [4.78, 5) is 27.7. The lowest BCUT2D eigenvalue weighted by Crippen LogP contribution is -2.29. The summed E-state index contributed by atoms with van der Waals surface area (Å²) in [5.41, 5.74) is 3.82. The molecule has 1 aliphatic rings. The fourth-order valence-electron chi connectivity index (χ4n) is 3.55. The van der Waals surface area contributed by atoms with Crippen molar-refractivity contribution < 1.29 is 14.3 Å². The molecule has 1 fully saturated rings. The van der Waals surface area contributed by atoms with Gasteiger partial charge in [0.25, 0.3) is 11.8 Å². The van der Waals surface area contributed by atoms with E-state index >= 15 is 0 Å². The Labute approximate surface area is 178 Å². The molecule has 2 amide bonds. The lowest BCUT2D eigenvalue weighted by Gasteiger charge is -2.22. The van der Waals surface area contributed by atoms with Crippen LogP contribution in [0.25, 0.3) is 0 Å². The number of aryl methyl sites for hydroxylation is 1. The highest BCUT2D eigenvalue weighted by atomic mass is 16.5. The van der Waals surface area contributed by atoms with E-state index in [9.17, 15) is 9.59 Å². The van der Waals surface area contributed by atoms with Crippen molar-refractivity contribution in [3.05, 3.63) is 59.2 Å². The summed E-state index contributed by atoms with van der Waals surface area (Å²) in [5.74, 6) is -0.313. The second kappa shape index (κ2) is 10.8. The minimum Gasteiger partial charge on any atom is -0.382 e. The molecule has 3 rings (SSSR count). The Morgan fingerprint density at radius 1 is 1.03 bits per heavy atom. The van der Waals surface area contributed by atoms with Crippen molar-refractivity contribution in [3.63, 3.8) is 0 Å². The summed E-state index contributed by atoms with van der Waals surface area (Å²) in [6.45, 7) is 7.69. The Morgan fingerprint density at radius 3 is 2.47 bits per heavy atom. The third kappa shape index (κ3) is 5.83. The number of amides is 2. The third-order valence-corrected chi connectivity index (χ3v) is 5.21. The average Bonchev–Trinajstić information content (AvgIpc) is 3.28. The average molecular weight is 410 g/mol. The zero-order chi connectivity index (χ0) is 21.3. The van der Waals surface area contributed by atoms with Gasteiger partial charge in [0.15, 0.2) is 0 Å². The molecular weight excluding hydrogens is 378 g/mol. The van der Waals surface area contributed by atoms with Crippen LogP contribution in [0, 0.1) is 6.92 Å². The summed E-state index contributed by atoms with van der Waals surface area (Å²) in [6.07, 6.45) is 3.02. The molecule has 6 nitrogen and oxygen atoms in total. The number of nitrogens with one attached hydrogen (secondary N) is 2. The quantitative estimate of drug-likeness (QED) is 0.614. The Morgan fingerprint density at radius 2 is 1.77 bits per heavy atom. The van der Waals surface area contributed by atoms with Crippen LogP contribution in [-0.4, -0.2) is 44.7 Å². The van der Waals surface area contributed by atoms with Gasteiger partial charge in [-0.25, -0.2) is 0 Å². The Hall–Kier alpha value is -2.86. The van der Waals surface area contributed by atoms with E-state index < -0.39 is 0 Å². The lowest BCUT2D eigenvalue weighted by molar-refractivity contribution is 0.0943. The number of hydrogen-bond acceptors (Lipinski definition) is 4. The summed E-state index contributed by atoms with van der Waals surface area (Å²) in [5, 5.41) is 5.90. The largest absolute Gasteiger partial charge is 0.382 e. The first-order chi connectivity index (χ1) is 14.6. The Balaban J connectivity index is 1.74. The number of hydrogen-bond donors (Lipinski definition) is 2.